The van der Waals surface area contributed by atoms with Crippen molar-refractivity contribution in [3.8, 4) is 0 Å². The molecule has 2 aromatic rings. The number of methoxy groups -OCH3 is 1. The van der Waals surface area contributed by atoms with Crippen LogP contribution in [0.1, 0.15) is 19.3 Å². The van der Waals surface area contributed by atoms with E-state index in [4.69, 9.17) is 9.15 Å². The molecule has 4 rings (SSSR count). The van der Waals surface area contributed by atoms with Gasteiger partial charge >= 0.3 is 0 Å². The molecular weight excluding hydrogens is 290 g/mol. The number of ether oxygens (including phenoxy) is 1. The number of piperidine rings is 1. The van der Waals surface area contributed by atoms with E-state index in [0.29, 0.717) is 5.41 Å². The first-order valence-electron chi connectivity index (χ1n) is 8.60. The van der Waals surface area contributed by atoms with Gasteiger partial charge in [-0.15, -0.1) is 0 Å². The van der Waals surface area contributed by atoms with Gasteiger partial charge in [0, 0.05) is 38.7 Å². The maximum Gasteiger partial charge on any atom is 0.298 e. The van der Waals surface area contributed by atoms with Crippen molar-refractivity contribution < 1.29 is 9.15 Å². The van der Waals surface area contributed by atoms with E-state index in [1.165, 1.54) is 32.4 Å². The molecule has 0 aliphatic carbocycles. The highest BCUT2D eigenvalue weighted by Gasteiger charge is 2.42. The van der Waals surface area contributed by atoms with E-state index >= 15 is 0 Å². The molecule has 23 heavy (non-hydrogen) atoms. The SMILES string of the molecule is COCCN1CCC[C@@]2(CCN(c3nc4ccccc4o3)C2)C1. The number of oxazole rings is 1. The molecule has 0 amide bonds. The zero-order chi connectivity index (χ0) is 15.7. The third kappa shape index (κ3) is 2.95. The van der Waals surface area contributed by atoms with Crippen molar-refractivity contribution in [3.63, 3.8) is 0 Å². The molecule has 2 fully saturated rings. The van der Waals surface area contributed by atoms with E-state index in [9.17, 15) is 0 Å². The van der Waals surface area contributed by atoms with Crippen LogP contribution in [-0.2, 0) is 4.74 Å². The minimum absolute atomic E-state index is 0.395. The molecule has 1 spiro atoms. The van der Waals surface area contributed by atoms with Gasteiger partial charge in [0.2, 0.25) is 0 Å². The molecule has 3 heterocycles. The van der Waals surface area contributed by atoms with Crippen molar-refractivity contribution in [2.45, 2.75) is 19.3 Å². The van der Waals surface area contributed by atoms with Crippen LogP contribution in [0, 0.1) is 5.41 Å². The van der Waals surface area contributed by atoms with E-state index in [1.807, 2.05) is 24.3 Å². The number of anilines is 1. The first kappa shape index (κ1) is 15.0. The third-order valence-electron chi connectivity index (χ3n) is 5.34. The van der Waals surface area contributed by atoms with Crippen LogP contribution in [0.3, 0.4) is 0 Å². The summed E-state index contributed by atoms with van der Waals surface area (Å²) in [6.45, 7) is 6.35. The first-order valence-corrected chi connectivity index (χ1v) is 8.60. The van der Waals surface area contributed by atoms with Gasteiger partial charge in [-0.25, -0.2) is 0 Å². The Bertz CT molecular complexity index is 638. The van der Waals surface area contributed by atoms with Crippen LogP contribution in [0.5, 0.6) is 0 Å². The molecule has 1 aromatic carbocycles. The highest BCUT2D eigenvalue weighted by Crippen LogP contribution is 2.40. The Morgan fingerprint density at radius 3 is 3.00 bits per heavy atom. The average molecular weight is 315 g/mol. The number of nitrogens with zero attached hydrogens (tertiary/aromatic N) is 3. The summed E-state index contributed by atoms with van der Waals surface area (Å²) < 4.78 is 11.2. The molecule has 124 valence electrons. The smallest absolute Gasteiger partial charge is 0.298 e. The number of likely N-dealkylation sites (tertiary alicyclic amines) is 1. The number of hydrogen-bond acceptors (Lipinski definition) is 5. The van der Waals surface area contributed by atoms with Crippen LogP contribution >= 0.6 is 0 Å². The van der Waals surface area contributed by atoms with Gasteiger partial charge in [-0.1, -0.05) is 12.1 Å². The van der Waals surface area contributed by atoms with E-state index in [2.05, 4.69) is 14.8 Å². The lowest BCUT2D eigenvalue weighted by atomic mass is 9.79. The summed E-state index contributed by atoms with van der Waals surface area (Å²) in [4.78, 5) is 9.56. The van der Waals surface area contributed by atoms with Gasteiger partial charge in [0.1, 0.15) is 5.52 Å². The quantitative estimate of drug-likeness (QED) is 0.868. The summed E-state index contributed by atoms with van der Waals surface area (Å²) in [5, 5.41) is 0. The van der Waals surface area contributed by atoms with Crippen molar-refractivity contribution >= 4 is 17.1 Å². The summed E-state index contributed by atoms with van der Waals surface area (Å²) in [5.41, 5.74) is 2.23. The molecule has 2 aliphatic rings. The van der Waals surface area contributed by atoms with Gasteiger partial charge < -0.3 is 19.0 Å². The summed E-state index contributed by atoms with van der Waals surface area (Å²) in [6, 6.07) is 8.80. The standard InChI is InChI=1S/C18H25N3O2/c1-22-12-11-20-9-4-7-18(13-20)8-10-21(14-18)17-19-15-5-2-3-6-16(15)23-17/h2-3,5-6H,4,7-14H2,1H3/t18-/m1/s1. The van der Waals surface area contributed by atoms with E-state index < -0.39 is 0 Å². The van der Waals surface area contributed by atoms with Crippen LogP contribution in [0.4, 0.5) is 6.01 Å². The number of hydrogen-bond donors (Lipinski definition) is 0. The number of aromatic nitrogens is 1. The number of benzene rings is 1. The van der Waals surface area contributed by atoms with Gasteiger partial charge in [0.15, 0.2) is 5.58 Å². The van der Waals surface area contributed by atoms with Crippen LogP contribution in [0.2, 0.25) is 0 Å². The van der Waals surface area contributed by atoms with E-state index in [0.717, 1.165) is 43.4 Å². The molecule has 2 saturated heterocycles. The molecule has 0 N–H and O–H groups in total. The fourth-order valence-corrected chi connectivity index (χ4v) is 4.15. The molecule has 0 saturated carbocycles. The van der Waals surface area contributed by atoms with Gasteiger partial charge in [0.25, 0.3) is 6.01 Å². The van der Waals surface area contributed by atoms with Gasteiger partial charge in [-0.05, 0) is 37.9 Å². The summed E-state index contributed by atoms with van der Waals surface area (Å²) >= 11 is 0. The van der Waals surface area contributed by atoms with Crippen molar-refractivity contribution in [1.82, 2.24) is 9.88 Å². The molecule has 5 nitrogen and oxygen atoms in total. The predicted molar refractivity (Wildman–Crippen MR) is 90.8 cm³/mol. The largest absolute Gasteiger partial charge is 0.423 e. The Morgan fingerprint density at radius 1 is 1.22 bits per heavy atom. The monoisotopic (exact) mass is 315 g/mol. The van der Waals surface area contributed by atoms with E-state index in [-0.39, 0.29) is 0 Å². The number of fused-ring (bicyclic) bond motifs is 1. The Morgan fingerprint density at radius 2 is 2.13 bits per heavy atom. The lowest BCUT2D eigenvalue weighted by Gasteiger charge is -2.40. The second kappa shape index (κ2) is 6.13. The average Bonchev–Trinajstić information content (AvgIpc) is 3.17. The highest BCUT2D eigenvalue weighted by molar-refractivity contribution is 5.74. The molecule has 1 atom stereocenters. The number of rotatable bonds is 4. The topological polar surface area (TPSA) is 41.7 Å². The van der Waals surface area contributed by atoms with Gasteiger partial charge in [0.05, 0.1) is 6.61 Å². The molecule has 1 aromatic heterocycles. The zero-order valence-corrected chi connectivity index (χ0v) is 13.8. The van der Waals surface area contributed by atoms with Crippen molar-refractivity contribution in [2.24, 2.45) is 5.41 Å². The Kier molecular flexibility index (Phi) is 3.99. The second-order valence-electron chi connectivity index (χ2n) is 7.01. The second-order valence-corrected chi connectivity index (χ2v) is 7.01. The molecule has 0 unspecified atom stereocenters. The Balaban J connectivity index is 1.47. The van der Waals surface area contributed by atoms with Crippen molar-refractivity contribution in [1.29, 1.82) is 0 Å². The fraction of sp³-hybridized carbons (Fsp3) is 0.611. The summed E-state index contributed by atoms with van der Waals surface area (Å²) in [7, 11) is 1.78. The molecule has 2 aliphatic heterocycles. The third-order valence-corrected chi connectivity index (χ3v) is 5.34. The molecule has 0 radical (unpaired) electrons. The maximum absolute atomic E-state index is 5.96. The minimum atomic E-state index is 0.395. The number of para-hydroxylation sites is 2. The fourth-order valence-electron chi connectivity index (χ4n) is 4.15. The van der Waals surface area contributed by atoms with Crippen LogP contribution in [-0.4, -0.2) is 56.3 Å². The Hall–Kier alpha value is -1.59. The minimum Gasteiger partial charge on any atom is -0.423 e. The van der Waals surface area contributed by atoms with Crippen molar-refractivity contribution in [3.05, 3.63) is 24.3 Å². The maximum atomic E-state index is 5.96. The summed E-state index contributed by atoms with van der Waals surface area (Å²) in [5.74, 6) is 0. The summed E-state index contributed by atoms with van der Waals surface area (Å²) in [6.07, 6.45) is 3.83. The van der Waals surface area contributed by atoms with Crippen LogP contribution < -0.4 is 4.90 Å². The molecule has 5 heteroatoms. The van der Waals surface area contributed by atoms with Gasteiger partial charge in [-0.3, -0.25) is 0 Å². The zero-order valence-electron chi connectivity index (χ0n) is 13.8. The normalized spacial score (nSPS) is 25.7. The Labute approximate surface area is 137 Å². The van der Waals surface area contributed by atoms with Crippen molar-refractivity contribution in [2.75, 3.05) is 51.3 Å². The van der Waals surface area contributed by atoms with Crippen LogP contribution in [0.25, 0.3) is 11.1 Å². The lowest BCUT2D eigenvalue weighted by molar-refractivity contribution is 0.0755. The highest BCUT2D eigenvalue weighted by atomic mass is 16.5. The van der Waals surface area contributed by atoms with Gasteiger partial charge in [-0.2, -0.15) is 4.98 Å². The molecular formula is C18H25N3O2. The first-order chi connectivity index (χ1) is 11.3. The van der Waals surface area contributed by atoms with E-state index in [1.54, 1.807) is 7.11 Å². The molecule has 0 bridgehead atoms. The van der Waals surface area contributed by atoms with Crippen LogP contribution in [0.15, 0.2) is 28.7 Å². The lowest BCUT2D eigenvalue weighted by Crippen LogP contribution is -2.45. The predicted octanol–water partition coefficient (Wildman–Crippen LogP) is 2.77.